The van der Waals surface area contributed by atoms with Gasteiger partial charge < -0.3 is 9.88 Å². The van der Waals surface area contributed by atoms with E-state index in [-0.39, 0.29) is 0 Å². The van der Waals surface area contributed by atoms with E-state index in [4.69, 9.17) is 0 Å². The van der Waals surface area contributed by atoms with Crippen molar-refractivity contribution in [3.8, 4) is 0 Å². The van der Waals surface area contributed by atoms with Gasteiger partial charge in [-0.15, -0.1) is 0 Å². The summed E-state index contributed by atoms with van der Waals surface area (Å²) in [5.41, 5.74) is 1.51. The molecular weight excluding hydrogens is 210 g/mol. The molecule has 2 aliphatic heterocycles. The van der Waals surface area contributed by atoms with Gasteiger partial charge in [0.25, 0.3) is 0 Å². The summed E-state index contributed by atoms with van der Waals surface area (Å²) in [4.78, 5) is 2.71. The Bertz CT molecular complexity index is 371. The molecular formula is C14H23N3. The second-order valence-electron chi connectivity index (χ2n) is 5.52. The van der Waals surface area contributed by atoms with Crippen molar-refractivity contribution in [3.63, 3.8) is 0 Å². The van der Waals surface area contributed by atoms with Crippen molar-refractivity contribution in [2.45, 2.75) is 31.2 Å². The Hall–Kier alpha value is -0.800. The molecule has 94 valence electrons. The van der Waals surface area contributed by atoms with Gasteiger partial charge >= 0.3 is 0 Å². The molecule has 2 atom stereocenters. The van der Waals surface area contributed by atoms with Gasteiger partial charge in [-0.05, 0) is 31.0 Å². The molecule has 0 amide bonds. The average Bonchev–Trinajstić information content (AvgIpc) is 2.66. The first-order valence-electron chi connectivity index (χ1n) is 6.91. The van der Waals surface area contributed by atoms with Crippen LogP contribution in [0.5, 0.6) is 0 Å². The maximum atomic E-state index is 3.61. The summed E-state index contributed by atoms with van der Waals surface area (Å²) >= 11 is 0. The lowest BCUT2D eigenvalue weighted by Crippen LogP contribution is -2.43. The molecule has 1 aromatic rings. The normalized spacial score (nSPS) is 30.9. The number of hydrogen-bond donors (Lipinski definition) is 1. The molecule has 1 aromatic heterocycles. The summed E-state index contributed by atoms with van der Waals surface area (Å²) in [5.74, 6) is 0.680. The molecule has 0 saturated carbocycles. The van der Waals surface area contributed by atoms with Crippen LogP contribution in [-0.2, 0) is 7.05 Å². The second kappa shape index (κ2) is 4.83. The number of nitrogens with one attached hydrogen (secondary N) is 1. The summed E-state index contributed by atoms with van der Waals surface area (Å²) in [6, 6.07) is 3.06. The van der Waals surface area contributed by atoms with Crippen LogP contribution in [-0.4, -0.2) is 41.7 Å². The lowest BCUT2D eigenvalue weighted by molar-refractivity contribution is 0.142. The van der Waals surface area contributed by atoms with Gasteiger partial charge in [-0.3, -0.25) is 4.90 Å². The van der Waals surface area contributed by atoms with Gasteiger partial charge in [0.2, 0.25) is 0 Å². The van der Waals surface area contributed by atoms with E-state index in [1.165, 1.54) is 37.9 Å². The molecule has 0 bridgehead atoms. The van der Waals surface area contributed by atoms with E-state index in [1.807, 2.05) is 0 Å². The third-order valence-electron chi connectivity index (χ3n) is 4.35. The fourth-order valence-electron chi connectivity index (χ4n) is 3.45. The molecule has 3 nitrogen and oxygen atoms in total. The third-order valence-corrected chi connectivity index (χ3v) is 4.35. The number of piperidine rings is 1. The first-order chi connectivity index (χ1) is 8.34. The maximum absolute atomic E-state index is 3.61. The van der Waals surface area contributed by atoms with Gasteiger partial charge in [0.05, 0.1) is 0 Å². The van der Waals surface area contributed by atoms with Gasteiger partial charge in [-0.2, -0.15) is 0 Å². The smallest absolute Gasteiger partial charge is 0.0177 e. The van der Waals surface area contributed by atoms with E-state index < -0.39 is 0 Å². The van der Waals surface area contributed by atoms with Crippen LogP contribution in [0.25, 0.3) is 0 Å². The van der Waals surface area contributed by atoms with E-state index in [1.54, 1.807) is 0 Å². The standard InChI is InChI=1S/C14H23N3/c1-16-8-5-12(11-16)13-10-15-6-9-17-7-3-2-4-14(13)17/h5,8,11,13-15H,2-4,6-7,9-10H2,1H3. The van der Waals surface area contributed by atoms with E-state index in [0.29, 0.717) is 5.92 Å². The van der Waals surface area contributed by atoms with Gasteiger partial charge in [-0.25, -0.2) is 0 Å². The number of nitrogens with zero attached hydrogens (tertiary/aromatic N) is 2. The van der Waals surface area contributed by atoms with E-state index >= 15 is 0 Å². The third kappa shape index (κ3) is 2.26. The molecule has 3 heteroatoms. The Morgan fingerprint density at radius 3 is 3.06 bits per heavy atom. The molecule has 3 rings (SSSR count). The molecule has 0 radical (unpaired) electrons. The molecule has 2 unspecified atom stereocenters. The van der Waals surface area contributed by atoms with Crippen LogP contribution in [0.3, 0.4) is 0 Å². The molecule has 0 spiro atoms. The Labute approximate surface area is 104 Å². The Kier molecular flexibility index (Phi) is 3.21. The molecule has 0 aliphatic carbocycles. The Morgan fingerprint density at radius 1 is 1.29 bits per heavy atom. The predicted octanol–water partition coefficient (Wildman–Crippen LogP) is 1.57. The lowest BCUT2D eigenvalue weighted by Gasteiger charge is -2.38. The van der Waals surface area contributed by atoms with Gasteiger partial charge in [-0.1, -0.05) is 6.42 Å². The molecule has 17 heavy (non-hydrogen) atoms. The molecule has 0 aromatic carbocycles. The van der Waals surface area contributed by atoms with Crippen molar-refractivity contribution < 1.29 is 0 Å². The first-order valence-corrected chi connectivity index (χ1v) is 6.91. The zero-order valence-electron chi connectivity index (χ0n) is 10.7. The zero-order chi connectivity index (χ0) is 11.7. The summed E-state index contributed by atoms with van der Waals surface area (Å²) in [6.45, 7) is 4.83. The topological polar surface area (TPSA) is 20.2 Å². The van der Waals surface area contributed by atoms with E-state index in [2.05, 4.69) is 40.3 Å². The van der Waals surface area contributed by atoms with Crippen molar-refractivity contribution >= 4 is 0 Å². The van der Waals surface area contributed by atoms with Gasteiger partial charge in [0.1, 0.15) is 0 Å². The van der Waals surface area contributed by atoms with Crippen LogP contribution < -0.4 is 5.32 Å². The van der Waals surface area contributed by atoms with Crippen LogP contribution in [0.1, 0.15) is 30.7 Å². The Balaban J connectivity index is 1.85. The zero-order valence-corrected chi connectivity index (χ0v) is 10.7. The van der Waals surface area contributed by atoms with Crippen LogP contribution >= 0.6 is 0 Å². The molecule has 1 N–H and O–H groups in total. The number of aryl methyl sites for hydroxylation is 1. The van der Waals surface area contributed by atoms with Gasteiger partial charge in [0.15, 0.2) is 0 Å². The molecule has 3 heterocycles. The monoisotopic (exact) mass is 233 g/mol. The SMILES string of the molecule is Cn1ccc(C2CNCCN3CCCCC23)c1. The summed E-state index contributed by atoms with van der Waals surface area (Å²) in [7, 11) is 2.12. The lowest BCUT2D eigenvalue weighted by atomic mass is 9.87. The van der Waals surface area contributed by atoms with Crippen molar-refractivity contribution in [3.05, 3.63) is 24.0 Å². The number of aromatic nitrogens is 1. The van der Waals surface area contributed by atoms with Crippen LogP contribution in [0.2, 0.25) is 0 Å². The van der Waals surface area contributed by atoms with E-state index in [9.17, 15) is 0 Å². The van der Waals surface area contributed by atoms with Crippen LogP contribution in [0.4, 0.5) is 0 Å². The molecule has 2 fully saturated rings. The fourth-order valence-corrected chi connectivity index (χ4v) is 3.45. The summed E-state index contributed by atoms with van der Waals surface area (Å²) < 4.78 is 2.17. The maximum Gasteiger partial charge on any atom is 0.0177 e. The van der Waals surface area contributed by atoms with Crippen molar-refractivity contribution in [1.82, 2.24) is 14.8 Å². The van der Waals surface area contributed by atoms with Crippen molar-refractivity contribution in [2.24, 2.45) is 7.05 Å². The van der Waals surface area contributed by atoms with Crippen LogP contribution in [0, 0.1) is 0 Å². The number of hydrogen-bond acceptors (Lipinski definition) is 2. The highest BCUT2D eigenvalue weighted by Gasteiger charge is 2.32. The summed E-state index contributed by atoms with van der Waals surface area (Å²) in [6.07, 6.45) is 8.64. The highest BCUT2D eigenvalue weighted by Crippen LogP contribution is 2.31. The highest BCUT2D eigenvalue weighted by molar-refractivity contribution is 5.20. The quantitative estimate of drug-likeness (QED) is 0.794. The minimum Gasteiger partial charge on any atom is -0.357 e. The average molecular weight is 233 g/mol. The molecule has 2 aliphatic rings. The van der Waals surface area contributed by atoms with E-state index in [0.717, 1.165) is 19.1 Å². The Morgan fingerprint density at radius 2 is 2.24 bits per heavy atom. The van der Waals surface area contributed by atoms with Gasteiger partial charge in [0, 0.05) is 51.0 Å². The summed E-state index contributed by atoms with van der Waals surface area (Å²) in [5, 5.41) is 3.61. The first kappa shape index (κ1) is 11.3. The van der Waals surface area contributed by atoms with Crippen molar-refractivity contribution in [2.75, 3.05) is 26.2 Å². The minimum absolute atomic E-state index is 0.680. The van der Waals surface area contributed by atoms with Crippen LogP contribution in [0.15, 0.2) is 18.5 Å². The largest absolute Gasteiger partial charge is 0.357 e. The minimum atomic E-state index is 0.680. The number of rotatable bonds is 1. The number of fused-ring (bicyclic) bond motifs is 1. The van der Waals surface area contributed by atoms with Crippen molar-refractivity contribution in [1.29, 1.82) is 0 Å². The second-order valence-corrected chi connectivity index (χ2v) is 5.52. The predicted molar refractivity (Wildman–Crippen MR) is 70.2 cm³/mol. The molecule has 2 saturated heterocycles. The fraction of sp³-hybridized carbons (Fsp3) is 0.714. The highest BCUT2D eigenvalue weighted by atomic mass is 15.2.